The molecule has 6 nitrogen and oxygen atoms in total. The second-order valence-electron chi connectivity index (χ2n) is 7.00. The Kier molecular flexibility index (Phi) is 5.28. The van der Waals surface area contributed by atoms with Gasteiger partial charge >= 0.3 is 0 Å². The minimum Gasteiger partial charge on any atom is -0.339 e. The lowest BCUT2D eigenvalue weighted by molar-refractivity contribution is 0.0724. The van der Waals surface area contributed by atoms with Crippen LogP contribution in [0.15, 0.2) is 55.1 Å². The Morgan fingerprint density at radius 1 is 1.04 bits per heavy atom. The smallest absolute Gasteiger partial charge is 0.253 e. The van der Waals surface area contributed by atoms with Crippen molar-refractivity contribution in [3.8, 4) is 11.3 Å². The molecule has 1 aliphatic rings. The molecule has 1 aliphatic heterocycles. The number of nitrogens with zero attached hydrogens (tertiary/aromatic N) is 4. The van der Waals surface area contributed by atoms with Gasteiger partial charge in [-0.3, -0.25) is 4.79 Å². The third kappa shape index (κ3) is 3.86. The molecule has 3 heterocycles. The van der Waals surface area contributed by atoms with Crippen molar-refractivity contribution in [2.45, 2.75) is 26.2 Å². The lowest BCUT2D eigenvalue weighted by Crippen LogP contribution is -2.35. The van der Waals surface area contributed by atoms with Gasteiger partial charge in [0, 0.05) is 42.3 Å². The normalized spacial score (nSPS) is 14.0. The van der Waals surface area contributed by atoms with Crippen molar-refractivity contribution >= 4 is 17.4 Å². The molecular formula is C22H23N5O. The number of carbonyl (C=O) groups is 1. The van der Waals surface area contributed by atoms with E-state index in [0.717, 1.165) is 48.4 Å². The van der Waals surface area contributed by atoms with Gasteiger partial charge in [-0.05, 0) is 62.1 Å². The number of pyridine rings is 1. The molecule has 0 unspecified atom stereocenters. The van der Waals surface area contributed by atoms with E-state index in [2.05, 4.69) is 20.3 Å². The van der Waals surface area contributed by atoms with Crippen LogP contribution < -0.4 is 5.32 Å². The summed E-state index contributed by atoms with van der Waals surface area (Å²) in [6.07, 6.45) is 8.34. The molecule has 1 saturated heterocycles. The van der Waals surface area contributed by atoms with Gasteiger partial charge in [-0.1, -0.05) is 6.07 Å². The van der Waals surface area contributed by atoms with Crippen LogP contribution in [0.25, 0.3) is 11.3 Å². The number of piperidine rings is 1. The molecule has 0 spiro atoms. The van der Waals surface area contributed by atoms with E-state index < -0.39 is 0 Å². The maximum absolute atomic E-state index is 12.9. The molecule has 3 aromatic rings. The van der Waals surface area contributed by atoms with E-state index in [0.29, 0.717) is 11.4 Å². The lowest BCUT2D eigenvalue weighted by atomic mass is 10.1. The van der Waals surface area contributed by atoms with Crippen molar-refractivity contribution in [3.05, 3.63) is 66.2 Å². The fourth-order valence-electron chi connectivity index (χ4n) is 3.46. The molecule has 6 heteroatoms. The van der Waals surface area contributed by atoms with Gasteiger partial charge in [0.2, 0.25) is 0 Å². The zero-order chi connectivity index (χ0) is 19.3. The number of aromatic nitrogens is 3. The minimum absolute atomic E-state index is 0.0970. The highest BCUT2D eigenvalue weighted by molar-refractivity contribution is 5.95. The number of aryl methyl sites for hydroxylation is 1. The Hall–Kier alpha value is -3.28. The van der Waals surface area contributed by atoms with Gasteiger partial charge < -0.3 is 10.2 Å². The predicted molar refractivity (Wildman–Crippen MR) is 109 cm³/mol. The Labute approximate surface area is 164 Å². The quantitative estimate of drug-likeness (QED) is 0.741. The second kappa shape index (κ2) is 8.17. The van der Waals surface area contributed by atoms with Crippen molar-refractivity contribution in [3.63, 3.8) is 0 Å². The molecule has 1 fully saturated rings. The van der Waals surface area contributed by atoms with E-state index >= 15 is 0 Å². The first-order valence-corrected chi connectivity index (χ1v) is 9.61. The van der Waals surface area contributed by atoms with E-state index in [-0.39, 0.29) is 5.91 Å². The number of nitrogens with one attached hydrogen (secondary N) is 1. The first-order valence-electron chi connectivity index (χ1n) is 9.61. The van der Waals surface area contributed by atoms with E-state index in [1.807, 2.05) is 48.2 Å². The standard InChI is InChI=1S/C22H23N5O/c1-16-7-8-17(22(28)27-12-3-2-4-13-27)14-20(16)26-21-18(6-5-10-24-21)19-9-11-23-15-25-19/h5-11,14-15H,2-4,12-13H2,1H3,(H,24,26). The van der Waals surface area contributed by atoms with E-state index in [4.69, 9.17) is 0 Å². The van der Waals surface area contributed by atoms with Crippen molar-refractivity contribution in [2.24, 2.45) is 0 Å². The molecule has 142 valence electrons. The highest BCUT2D eigenvalue weighted by Crippen LogP contribution is 2.29. The van der Waals surface area contributed by atoms with Crippen molar-refractivity contribution in [1.82, 2.24) is 19.9 Å². The SMILES string of the molecule is Cc1ccc(C(=O)N2CCCCC2)cc1Nc1ncccc1-c1ccncn1. The largest absolute Gasteiger partial charge is 0.339 e. The molecule has 0 bridgehead atoms. The number of amides is 1. The third-order valence-corrected chi connectivity index (χ3v) is 5.05. The van der Waals surface area contributed by atoms with Gasteiger partial charge in [-0.25, -0.2) is 15.0 Å². The summed E-state index contributed by atoms with van der Waals surface area (Å²) in [6, 6.07) is 11.5. The van der Waals surface area contributed by atoms with Gasteiger partial charge in [0.1, 0.15) is 12.1 Å². The van der Waals surface area contributed by atoms with Crippen molar-refractivity contribution in [2.75, 3.05) is 18.4 Å². The van der Waals surface area contributed by atoms with Gasteiger partial charge in [-0.2, -0.15) is 0 Å². The lowest BCUT2D eigenvalue weighted by Gasteiger charge is -2.27. The molecule has 0 atom stereocenters. The highest BCUT2D eigenvalue weighted by Gasteiger charge is 2.19. The second-order valence-corrected chi connectivity index (χ2v) is 7.00. The zero-order valence-corrected chi connectivity index (χ0v) is 15.9. The highest BCUT2D eigenvalue weighted by atomic mass is 16.2. The molecular weight excluding hydrogens is 350 g/mol. The van der Waals surface area contributed by atoms with Crippen LogP contribution in [0.5, 0.6) is 0 Å². The van der Waals surface area contributed by atoms with E-state index in [9.17, 15) is 4.79 Å². The molecule has 1 aromatic carbocycles. The molecule has 0 aliphatic carbocycles. The fraction of sp³-hybridized carbons (Fsp3) is 0.273. The molecule has 2 aromatic heterocycles. The summed E-state index contributed by atoms with van der Waals surface area (Å²) < 4.78 is 0. The number of likely N-dealkylation sites (tertiary alicyclic amines) is 1. The molecule has 28 heavy (non-hydrogen) atoms. The number of rotatable bonds is 4. The summed E-state index contributed by atoms with van der Waals surface area (Å²) in [5.41, 5.74) is 4.31. The topological polar surface area (TPSA) is 71.0 Å². The number of hydrogen-bond acceptors (Lipinski definition) is 5. The van der Waals surface area contributed by atoms with Crippen LogP contribution in [-0.2, 0) is 0 Å². The minimum atomic E-state index is 0.0970. The number of anilines is 2. The number of carbonyl (C=O) groups excluding carboxylic acids is 1. The first kappa shape index (κ1) is 18.1. The Balaban J connectivity index is 1.63. The Bertz CT molecular complexity index is 968. The van der Waals surface area contributed by atoms with Gasteiger partial charge in [-0.15, -0.1) is 0 Å². The summed E-state index contributed by atoms with van der Waals surface area (Å²) in [5.74, 6) is 0.798. The van der Waals surface area contributed by atoms with Crippen LogP contribution >= 0.6 is 0 Å². The molecule has 1 amide bonds. The molecule has 1 N–H and O–H groups in total. The van der Waals surface area contributed by atoms with Crippen LogP contribution in [0.2, 0.25) is 0 Å². The van der Waals surface area contributed by atoms with Crippen molar-refractivity contribution < 1.29 is 4.79 Å². The van der Waals surface area contributed by atoms with Gasteiger partial charge in [0.15, 0.2) is 0 Å². The Morgan fingerprint density at radius 3 is 2.68 bits per heavy atom. The van der Waals surface area contributed by atoms with Crippen LogP contribution in [0, 0.1) is 6.92 Å². The zero-order valence-electron chi connectivity index (χ0n) is 15.9. The molecule has 0 radical (unpaired) electrons. The summed E-state index contributed by atoms with van der Waals surface area (Å²) >= 11 is 0. The molecule has 4 rings (SSSR count). The van der Waals surface area contributed by atoms with Crippen LogP contribution in [0.4, 0.5) is 11.5 Å². The van der Waals surface area contributed by atoms with Crippen LogP contribution in [0.3, 0.4) is 0 Å². The third-order valence-electron chi connectivity index (χ3n) is 5.05. The van der Waals surface area contributed by atoms with E-state index in [1.54, 1.807) is 12.4 Å². The van der Waals surface area contributed by atoms with Gasteiger partial charge in [0.05, 0.1) is 5.69 Å². The summed E-state index contributed by atoms with van der Waals surface area (Å²) in [7, 11) is 0. The Morgan fingerprint density at radius 2 is 1.89 bits per heavy atom. The van der Waals surface area contributed by atoms with E-state index in [1.165, 1.54) is 12.7 Å². The maximum atomic E-state index is 12.9. The number of benzene rings is 1. The van der Waals surface area contributed by atoms with Crippen LogP contribution in [0.1, 0.15) is 35.2 Å². The first-order chi connectivity index (χ1) is 13.7. The maximum Gasteiger partial charge on any atom is 0.253 e. The molecule has 0 saturated carbocycles. The summed E-state index contributed by atoms with van der Waals surface area (Å²) in [6.45, 7) is 3.70. The van der Waals surface area contributed by atoms with Crippen molar-refractivity contribution in [1.29, 1.82) is 0 Å². The summed E-state index contributed by atoms with van der Waals surface area (Å²) in [4.78, 5) is 27.6. The monoisotopic (exact) mass is 373 g/mol. The average Bonchev–Trinajstić information content (AvgIpc) is 2.76. The summed E-state index contributed by atoms with van der Waals surface area (Å²) in [5, 5.41) is 3.40. The fourth-order valence-corrected chi connectivity index (χ4v) is 3.46. The van der Waals surface area contributed by atoms with Gasteiger partial charge in [0.25, 0.3) is 5.91 Å². The van der Waals surface area contributed by atoms with Crippen LogP contribution in [-0.4, -0.2) is 38.8 Å². The average molecular weight is 373 g/mol. The predicted octanol–water partition coefficient (Wildman–Crippen LogP) is 4.22. The number of hydrogen-bond donors (Lipinski definition) is 1.